The van der Waals surface area contributed by atoms with Gasteiger partial charge in [-0.3, -0.25) is 9.78 Å². The lowest BCUT2D eigenvalue weighted by molar-refractivity contribution is -0.129. The van der Waals surface area contributed by atoms with Crippen LogP contribution in [0.3, 0.4) is 0 Å². The number of halogens is 1. The number of aromatic hydroxyl groups is 1. The Labute approximate surface area is 203 Å². The molecule has 7 heteroatoms. The molecule has 1 fully saturated rings. The van der Waals surface area contributed by atoms with E-state index in [1.54, 1.807) is 42.1 Å². The van der Waals surface area contributed by atoms with Gasteiger partial charge in [0.1, 0.15) is 11.6 Å². The Morgan fingerprint density at radius 1 is 1.09 bits per heavy atom. The van der Waals surface area contributed by atoms with Gasteiger partial charge in [-0.2, -0.15) is 5.10 Å². The molecule has 4 aromatic rings. The third-order valence-electron chi connectivity index (χ3n) is 6.60. The van der Waals surface area contributed by atoms with E-state index in [0.29, 0.717) is 31.4 Å². The molecule has 6 nitrogen and oxygen atoms in total. The molecule has 0 radical (unpaired) electrons. The van der Waals surface area contributed by atoms with E-state index < -0.39 is 0 Å². The van der Waals surface area contributed by atoms with Crippen LogP contribution in [0.1, 0.15) is 41.3 Å². The number of benzene rings is 2. The van der Waals surface area contributed by atoms with Crippen LogP contribution in [0, 0.1) is 19.7 Å². The molecule has 1 atom stereocenters. The van der Waals surface area contributed by atoms with Crippen LogP contribution in [-0.2, 0) is 11.2 Å². The molecule has 0 spiro atoms. The maximum atomic E-state index is 13.9. The van der Waals surface area contributed by atoms with Gasteiger partial charge in [0, 0.05) is 42.2 Å². The van der Waals surface area contributed by atoms with Gasteiger partial charge in [-0.25, -0.2) is 9.07 Å². The predicted octanol–water partition coefficient (Wildman–Crippen LogP) is 5.30. The summed E-state index contributed by atoms with van der Waals surface area (Å²) in [5, 5.41) is 14.4. The van der Waals surface area contributed by atoms with Gasteiger partial charge < -0.3 is 10.0 Å². The number of aryl methyl sites for hydroxylation is 2. The molecule has 3 heterocycles. The molecule has 178 valence electrons. The summed E-state index contributed by atoms with van der Waals surface area (Å²) in [7, 11) is 0. The van der Waals surface area contributed by atoms with E-state index in [2.05, 4.69) is 4.98 Å². The molecule has 2 aromatic carbocycles. The quantitative estimate of drug-likeness (QED) is 0.415. The highest BCUT2D eigenvalue weighted by Crippen LogP contribution is 2.38. The first-order chi connectivity index (χ1) is 16.9. The number of rotatable bonds is 6. The van der Waals surface area contributed by atoms with Crippen LogP contribution in [0.2, 0.25) is 0 Å². The lowest BCUT2D eigenvalue weighted by Crippen LogP contribution is -2.30. The molecular formula is C28H27FN4O2. The van der Waals surface area contributed by atoms with Gasteiger partial charge in [-0.15, -0.1) is 0 Å². The first-order valence-electron chi connectivity index (χ1n) is 11.8. The number of hydrogen-bond donors (Lipinski definition) is 1. The molecule has 1 saturated heterocycles. The first-order valence-corrected chi connectivity index (χ1v) is 11.8. The van der Waals surface area contributed by atoms with Gasteiger partial charge in [0.2, 0.25) is 5.91 Å². The zero-order chi connectivity index (χ0) is 24.5. The third kappa shape index (κ3) is 4.67. The fourth-order valence-electron chi connectivity index (χ4n) is 4.62. The number of hydrogen-bond acceptors (Lipinski definition) is 4. The molecule has 1 amide bonds. The van der Waals surface area contributed by atoms with Crippen molar-refractivity contribution in [2.45, 2.75) is 39.2 Å². The largest absolute Gasteiger partial charge is 0.508 e. The topological polar surface area (TPSA) is 71.2 Å². The number of carbonyl (C=O) groups is 1. The van der Waals surface area contributed by atoms with Crippen LogP contribution in [0.15, 0.2) is 67.0 Å². The Balaban J connectivity index is 1.52. The second-order valence-corrected chi connectivity index (χ2v) is 9.06. The van der Waals surface area contributed by atoms with Crippen LogP contribution in [-0.4, -0.2) is 37.2 Å². The lowest BCUT2D eigenvalue weighted by atomic mass is 10.0. The van der Waals surface area contributed by atoms with E-state index in [1.807, 2.05) is 42.3 Å². The maximum absolute atomic E-state index is 13.9. The van der Waals surface area contributed by atoms with Crippen molar-refractivity contribution in [3.8, 4) is 22.7 Å². The van der Waals surface area contributed by atoms with Crippen molar-refractivity contribution < 1.29 is 14.3 Å². The minimum Gasteiger partial charge on any atom is -0.508 e. The maximum Gasteiger partial charge on any atom is 0.223 e. The minimum atomic E-state index is -0.258. The molecular weight excluding hydrogens is 443 g/mol. The van der Waals surface area contributed by atoms with Gasteiger partial charge in [-0.05, 0) is 80.3 Å². The van der Waals surface area contributed by atoms with Gasteiger partial charge in [0.15, 0.2) is 0 Å². The zero-order valence-electron chi connectivity index (χ0n) is 19.8. The zero-order valence-corrected chi connectivity index (χ0v) is 19.8. The molecule has 1 aliphatic heterocycles. The van der Waals surface area contributed by atoms with Crippen molar-refractivity contribution in [3.05, 3.63) is 95.2 Å². The van der Waals surface area contributed by atoms with Crippen molar-refractivity contribution in [3.63, 3.8) is 0 Å². The number of aromatic nitrogens is 3. The highest BCUT2D eigenvalue weighted by atomic mass is 19.1. The van der Waals surface area contributed by atoms with Crippen molar-refractivity contribution >= 4 is 5.91 Å². The van der Waals surface area contributed by atoms with Crippen molar-refractivity contribution in [1.82, 2.24) is 19.7 Å². The SMILES string of the molecule is Cc1ccc(-c2nn(-c3ccc(F)c(C)c3)cc2[C@H]2CCC(=O)N2CCc2ccc(O)cc2)cn1. The average Bonchev–Trinajstić information content (AvgIpc) is 3.44. The van der Waals surface area contributed by atoms with Gasteiger partial charge in [0.25, 0.3) is 0 Å². The number of phenolic OH excluding ortho intramolecular Hbond substituents is 1. The summed E-state index contributed by atoms with van der Waals surface area (Å²) in [6, 6.07) is 15.8. The molecule has 1 aliphatic rings. The van der Waals surface area contributed by atoms with Crippen LogP contribution in [0.25, 0.3) is 16.9 Å². The molecule has 1 N–H and O–H groups in total. The molecule has 0 saturated carbocycles. The summed E-state index contributed by atoms with van der Waals surface area (Å²) < 4.78 is 15.7. The molecule has 35 heavy (non-hydrogen) atoms. The predicted molar refractivity (Wildman–Crippen MR) is 132 cm³/mol. The van der Waals surface area contributed by atoms with Crippen LogP contribution < -0.4 is 0 Å². The van der Waals surface area contributed by atoms with E-state index >= 15 is 0 Å². The Kier molecular flexibility index (Phi) is 6.07. The Hall–Kier alpha value is -4.00. The standard InChI is InChI=1S/C28H27FN4O2/c1-18-15-22(7-10-25(18)29)33-17-24(28(31-33)21-6-3-19(2)30-16-21)26-11-12-27(35)32(26)14-13-20-4-8-23(34)9-5-20/h3-10,15-17,26,34H,11-14H2,1-2H3/t26-/m1/s1. The molecule has 5 rings (SSSR count). The monoisotopic (exact) mass is 470 g/mol. The van der Waals surface area contributed by atoms with Crippen molar-refractivity contribution in [1.29, 1.82) is 0 Å². The number of amides is 1. The van der Waals surface area contributed by atoms with Gasteiger partial charge >= 0.3 is 0 Å². The summed E-state index contributed by atoms with van der Waals surface area (Å²) in [6.45, 7) is 4.24. The van der Waals surface area contributed by atoms with E-state index in [1.165, 1.54) is 6.07 Å². The van der Waals surface area contributed by atoms with Crippen LogP contribution in [0.5, 0.6) is 5.75 Å². The van der Waals surface area contributed by atoms with E-state index in [4.69, 9.17) is 5.10 Å². The molecule has 0 bridgehead atoms. The number of pyridine rings is 1. The fourth-order valence-corrected chi connectivity index (χ4v) is 4.62. The Morgan fingerprint density at radius 2 is 1.89 bits per heavy atom. The summed E-state index contributed by atoms with van der Waals surface area (Å²) in [4.78, 5) is 19.3. The second kappa shape index (κ2) is 9.33. The fraction of sp³-hybridized carbons (Fsp3) is 0.250. The Bertz CT molecular complexity index is 1360. The second-order valence-electron chi connectivity index (χ2n) is 9.06. The number of carbonyl (C=O) groups excluding carboxylic acids is 1. The van der Waals surface area contributed by atoms with Gasteiger partial charge in [0.05, 0.1) is 17.4 Å². The highest BCUT2D eigenvalue weighted by molar-refractivity contribution is 5.80. The minimum absolute atomic E-state index is 0.118. The molecule has 0 aliphatic carbocycles. The van der Waals surface area contributed by atoms with Crippen LogP contribution >= 0.6 is 0 Å². The van der Waals surface area contributed by atoms with E-state index in [9.17, 15) is 14.3 Å². The normalized spacial score (nSPS) is 15.7. The number of likely N-dealkylation sites (tertiary alicyclic amines) is 1. The smallest absolute Gasteiger partial charge is 0.223 e. The summed E-state index contributed by atoms with van der Waals surface area (Å²) >= 11 is 0. The van der Waals surface area contributed by atoms with E-state index in [0.717, 1.165) is 33.8 Å². The molecule has 2 aromatic heterocycles. The number of nitrogens with zero attached hydrogens (tertiary/aromatic N) is 4. The molecule has 0 unspecified atom stereocenters. The van der Waals surface area contributed by atoms with Gasteiger partial charge in [-0.1, -0.05) is 12.1 Å². The number of phenols is 1. The lowest BCUT2D eigenvalue weighted by Gasteiger charge is -2.25. The Morgan fingerprint density at radius 3 is 2.60 bits per heavy atom. The summed E-state index contributed by atoms with van der Waals surface area (Å²) in [5.74, 6) is 0.0849. The van der Waals surface area contributed by atoms with E-state index in [-0.39, 0.29) is 23.5 Å². The van der Waals surface area contributed by atoms with Crippen LogP contribution in [0.4, 0.5) is 4.39 Å². The highest BCUT2D eigenvalue weighted by Gasteiger charge is 2.35. The van der Waals surface area contributed by atoms with Crippen molar-refractivity contribution in [2.75, 3.05) is 6.54 Å². The summed E-state index contributed by atoms with van der Waals surface area (Å²) in [6.07, 6.45) is 5.63. The summed E-state index contributed by atoms with van der Waals surface area (Å²) in [5.41, 5.74) is 5.88. The average molecular weight is 471 g/mol. The third-order valence-corrected chi connectivity index (χ3v) is 6.60. The first kappa shape index (κ1) is 22.8. The van der Waals surface area contributed by atoms with Crippen molar-refractivity contribution in [2.24, 2.45) is 0 Å².